The number of aromatic nitrogens is 4. The van der Waals surface area contributed by atoms with Gasteiger partial charge < -0.3 is 13.7 Å². The quantitative estimate of drug-likeness (QED) is 0.522. The van der Waals surface area contributed by atoms with E-state index in [1.807, 2.05) is 33.9 Å². The lowest BCUT2D eigenvalue weighted by atomic mass is 10.2. The van der Waals surface area contributed by atoms with Crippen LogP contribution >= 0.6 is 0 Å². The summed E-state index contributed by atoms with van der Waals surface area (Å²) in [6.07, 6.45) is 2.70. The van der Waals surface area contributed by atoms with Crippen LogP contribution in [0.15, 0.2) is 12.5 Å². The molecule has 0 spiro atoms. The number of hydrogen-bond acceptors (Lipinski definition) is 6. The zero-order chi connectivity index (χ0) is 20.5. The van der Waals surface area contributed by atoms with Crippen LogP contribution in [-0.2, 0) is 27.1 Å². The van der Waals surface area contributed by atoms with Crippen LogP contribution in [-0.4, -0.2) is 46.3 Å². The first-order valence-corrected chi connectivity index (χ1v) is 11.5. The summed E-state index contributed by atoms with van der Waals surface area (Å²) in [6, 6.07) is 0. The molecule has 0 amide bonds. The topological polar surface area (TPSA) is 79.1 Å². The fraction of sp³-hybridized carbons (Fsp3) is 0.647. The number of rotatable bonds is 7. The predicted octanol–water partition coefficient (Wildman–Crippen LogP) is 3.55. The number of imidazole rings is 1. The molecular formula is C17H26F2N4O3Si. The van der Waals surface area contributed by atoms with Crippen molar-refractivity contribution in [3.05, 3.63) is 18.3 Å². The number of halogens is 2. The molecule has 2 rings (SSSR count). The van der Waals surface area contributed by atoms with E-state index in [9.17, 15) is 13.6 Å². The summed E-state index contributed by atoms with van der Waals surface area (Å²) in [5.74, 6) is -3.47. The Morgan fingerprint density at radius 2 is 1.96 bits per heavy atom. The minimum atomic E-state index is -3.14. The van der Waals surface area contributed by atoms with Crippen LogP contribution in [0, 0.1) is 0 Å². The molecule has 0 saturated carbocycles. The van der Waals surface area contributed by atoms with Crippen LogP contribution in [0.4, 0.5) is 8.78 Å². The number of ether oxygens (including phenoxy) is 1. The molecule has 0 aliphatic rings. The van der Waals surface area contributed by atoms with E-state index >= 15 is 0 Å². The van der Waals surface area contributed by atoms with E-state index in [0.29, 0.717) is 5.52 Å². The highest BCUT2D eigenvalue weighted by molar-refractivity contribution is 6.74. The van der Waals surface area contributed by atoms with Crippen molar-refractivity contribution in [1.82, 2.24) is 19.5 Å². The highest BCUT2D eigenvalue weighted by atomic mass is 28.4. The zero-order valence-corrected chi connectivity index (χ0v) is 17.5. The van der Waals surface area contributed by atoms with Gasteiger partial charge in [0.15, 0.2) is 14.0 Å². The van der Waals surface area contributed by atoms with Gasteiger partial charge in [-0.05, 0) is 18.1 Å². The Bertz CT molecular complexity index is 818. The van der Waals surface area contributed by atoms with Gasteiger partial charge in [-0.1, -0.05) is 20.8 Å². The van der Waals surface area contributed by atoms with E-state index in [1.165, 1.54) is 24.0 Å². The molecule has 0 N–H and O–H groups in total. The van der Waals surface area contributed by atoms with E-state index in [1.54, 1.807) is 0 Å². The highest BCUT2D eigenvalue weighted by Crippen LogP contribution is 2.37. The molecule has 0 fully saturated rings. The van der Waals surface area contributed by atoms with Crippen molar-refractivity contribution in [3.8, 4) is 0 Å². The van der Waals surface area contributed by atoms with E-state index < -0.39 is 33.4 Å². The van der Waals surface area contributed by atoms with Gasteiger partial charge in [0.1, 0.15) is 24.3 Å². The average Bonchev–Trinajstić information content (AvgIpc) is 2.88. The van der Waals surface area contributed by atoms with E-state index in [4.69, 9.17) is 9.16 Å². The molecule has 0 unspecified atom stereocenters. The third-order valence-electron chi connectivity index (χ3n) is 4.73. The lowest BCUT2D eigenvalue weighted by molar-refractivity contribution is -0.142. The molecule has 2 aromatic heterocycles. The SMILES string of the molecule is CC(=O)OCc1nc2cncnc2n1CC(F)(F)CO[Si](C)(C)C(C)(C)C. The highest BCUT2D eigenvalue weighted by Gasteiger charge is 2.41. The van der Waals surface area contributed by atoms with Crippen molar-refractivity contribution in [2.24, 2.45) is 0 Å². The number of nitrogens with zero attached hydrogens (tertiary/aromatic N) is 4. The standard InChI is InChI=1S/C17H26F2N4O3Si/c1-12(24)25-8-14-22-13-7-20-11-21-15(13)23(14)9-17(18,19)10-26-27(5,6)16(2,3)4/h7,11H,8-10H2,1-6H3. The first-order chi connectivity index (χ1) is 12.3. The molecule has 0 atom stereocenters. The minimum Gasteiger partial charge on any atom is -0.458 e. The molecule has 10 heteroatoms. The van der Waals surface area contributed by atoms with Gasteiger partial charge in [0.25, 0.3) is 5.92 Å². The summed E-state index contributed by atoms with van der Waals surface area (Å²) < 4.78 is 41.3. The second-order valence-corrected chi connectivity index (χ2v) is 12.8. The van der Waals surface area contributed by atoms with Crippen molar-refractivity contribution in [1.29, 1.82) is 0 Å². The number of esters is 1. The van der Waals surface area contributed by atoms with Gasteiger partial charge in [-0.15, -0.1) is 0 Å². The van der Waals surface area contributed by atoms with Crippen molar-refractivity contribution in [3.63, 3.8) is 0 Å². The van der Waals surface area contributed by atoms with Crippen molar-refractivity contribution in [2.45, 2.75) is 64.9 Å². The van der Waals surface area contributed by atoms with Crippen molar-refractivity contribution >= 4 is 25.5 Å². The Kier molecular flexibility index (Phi) is 6.00. The van der Waals surface area contributed by atoms with Crippen molar-refractivity contribution in [2.75, 3.05) is 6.61 Å². The van der Waals surface area contributed by atoms with Gasteiger partial charge in [0.2, 0.25) is 0 Å². The van der Waals surface area contributed by atoms with Gasteiger partial charge in [-0.3, -0.25) is 4.79 Å². The predicted molar refractivity (Wildman–Crippen MR) is 98.9 cm³/mol. The van der Waals surface area contributed by atoms with Crippen LogP contribution in [0.1, 0.15) is 33.5 Å². The van der Waals surface area contributed by atoms with Gasteiger partial charge in [0, 0.05) is 6.92 Å². The third kappa shape index (κ3) is 5.29. The minimum absolute atomic E-state index is 0.168. The molecule has 27 heavy (non-hydrogen) atoms. The third-order valence-corrected chi connectivity index (χ3v) is 9.21. The second-order valence-electron chi connectivity index (χ2n) is 8.03. The van der Waals surface area contributed by atoms with Crippen LogP contribution in [0.2, 0.25) is 18.1 Å². The second kappa shape index (κ2) is 7.59. The number of hydrogen-bond donors (Lipinski definition) is 0. The van der Waals surface area contributed by atoms with E-state index in [-0.39, 0.29) is 23.1 Å². The van der Waals surface area contributed by atoms with Gasteiger partial charge >= 0.3 is 5.97 Å². The fourth-order valence-electron chi connectivity index (χ4n) is 2.15. The summed E-state index contributed by atoms with van der Waals surface area (Å²) in [5.41, 5.74) is 0.625. The lowest BCUT2D eigenvalue weighted by Gasteiger charge is -2.37. The first kappa shape index (κ1) is 21.4. The molecule has 150 valence electrons. The van der Waals surface area contributed by atoms with Crippen LogP contribution < -0.4 is 0 Å². The molecular weight excluding hydrogens is 374 g/mol. The Labute approximate surface area is 158 Å². The van der Waals surface area contributed by atoms with Gasteiger partial charge in [-0.2, -0.15) is 0 Å². The Morgan fingerprint density at radius 1 is 1.30 bits per heavy atom. The van der Waals surface area contributed by atoms with Crippen LogP contribution in [0.25, 0.3) is 11.2 Å². The zero-order valence-electron chi connectivity index (χ0n) is 16.5. The number of alkyl halides is 2. The first-order valence-electron chi connectivity index (χ1n) is 8.63. The number of fused-ring (bicyclic) bond motifs is 1. The molecule has 0 bridgehead atoms. The summed E-state index contributed by atoms with van der Waals surface area (Å²) in [6.45, 7) is 9.50. The smallest absolute Gasteiger partial charge is 0.303 e. The Hall–Kier alpha value is -1.94. The molecule has 0 aromatic carbocycles. The van der Waals surface area contributed by atoms with Crippen LogP contribution in [0.3, 0.4) is 0 Å². The maximum absolute atomic E-state index is 14.7. The lowest BCUT2D eigenvalue weighted by Crippen LogP contribution is -2.44. The molecule has 0 radical (unpaired) electrons. The molecule has 2 aromatic rings. The maximum atomic E-state index is 14.7. The van der Waals surface area contributed by atoms with E-state index in [0.717, 1.165) is 0 Å². The van der Waals surface area contributed by atoms with Crippen molar-refractivity contribution < 1.29 is 22.7 Å². The fourth-order valence-corrected chi connectivity index (χ4v) is 3.15. The summed E-state index contributed by atoms with van der Waals surface area (Å²) in [5, 5.41) is -0.168. The maximum Gasteiger partial charge on any atom is 0.303 e. The number of carbonyl (C=O) groups is 1. The summed E-state index contributed by atoms with van der Waals surface area (Å²) in [7, 11) is -2.31. The monoisotopic (exact) mass is 400 g/mol. The average molecular weight is 401 g/mol. The van der Waals surface area contributed by atoms with E-state index in [2.05, 4.69) is 15.0 Å². The normalized spacial score (nSPS) is 13.2. The largest absolute Gasteiger partial charge is 0.458 e. The molecule has 7 nitrogen and oxygen atoms in total. The molecule has 0 aliphatic carbocycles. The Balaban J connectivity index is 2.24. The number of carbonyl (C=O) groups excluding carboxylic acids is 1. The Morgan fingerprint density at radius 3 is 2.56 bits per heavy atom. The van der Waals surface area contributed by atoms with Gasteiger partial charge in [0.05, 0.1) is 19.3 Å². The molecule has 2 heterocycles. The summed E-state index contributed by atoms with van der Waals surface area (Å²) in [4.78, 5) is 23.2. The molecule has 0 aliphatic heterocycles. The summed E-state index contributed by atoms with van der Waals surface area (Å²) >= 11 is 0. The molecule has 0 saturated heterocycles. The van der Waals surface area contributed by atoms with Gasteiger partial charge in [-0.25, -0.2) is 23.7 Å². The van der Waals surface area contributed by atoms with Crippen LogP contribution in [0.5, 0.6) is 0 Å².